The Hall–Kier alpha value is -1.31. The predicted octanol–water partition coefficient (Wildman–Crippen LogP) is 3.51. The van der Waals surface area contributed by atoms with Crippen LogP contribution in [0.4, 0.5) is 0 Å². The molecule has 0 spiro atoms. The van der Waals surface area contributed by atoms with Crippen LogP contribution in [0.2, 0.25) is 0 Å². The normalized spacial score (nSPS) is 18.3. The average Bonchev–Trinajstić information content (AvgIpc) is 2.66. The van der Waals surface area contributed by atoms with Crippen molar-refractivity contribution in [2.45, 2.75) is 51.9 Å². The Morgan fingerprint density at radius 2 is 1.59 bits per heavy atom. The number of carboxylic acid groups (broad SMARTS) is 1. The van der Waals surface area contributed by atoms with E-state index in [4.69, 9.17) is 0 Å². The molecule has 0 bridgehead atoms. The monoisotopic (exact) mass is 232 g/mol. The second-order valence-corrected chi connectivity index (χ2v) is 5.37. The molecule has 1 saturated carbocycles. The highest BCUT2D eigenvalue weighted by Gasteiger charge is 2.44. The first-order chi connectivity index (χ1) is 7.97. The molecule has 2 rings (SSSR count). The van der Waals surface area contributed by atoms with Crippen LogP contribution in [0.5, 0.6) is 0 Å². The van der Waals surface area contributed by atoms with Crippen LogP contribution >= 0.6 is 0 Å². The van der Waals surface area contributed by atoms with Gasteiger partial charge in [0, 0.05) is 0 Å². The minimum absolute atomic E-state index is 0.623. The lowest BCUT2D eigenvalue weighted by molar-refractivity contribution is -0.143. The number of aliphatic carboxylic acids is 1. The fourth-order valence-electron chi connectivity index (χ4n) is 3.48. The van der Waals surface area contributed by atoms with Crippen molar-refractivity contribution in [3.63, 3.8) is 0 Å². The number of carbonyl (C=O) groups is 1. The van der Waals surface area contributed by atoms with Gasteiger partial charge in [0.2, 0.25) is 0 Å². The molecule has 0 radical (unpaired) electrons. The zero-order valence-corrected chi connectivity index (χ0v) is 10.8. The fourth-order valence-corrected chi connectivity index (χ4v) is 3.48. The van der Waals surface area contributed by atoms with Crippen LogP contribution in [-0.4, -0.2) is 11.1 Å². The van der Waals surface area contributed by atoms with E-state index >= 15 is 0 Å². The third-order valence-corrected chi connectivity index (χ3v) is 4.02. The van der Waals surface area contributed by atoms with Crippen LogP contribution in [0.25, 0.3) is 0 Å². The summed E-state index contributed by atoms with van der Waals surface area (Å²) in [5.41, 5.74) is 3.91. The van der Waals surface area contributed by atoms with Crippen molar-refractivity contribution in [2.75, 3.05) is 0 Å². The molecular formula is C15H20O2. The van der Waals surface area contributed by atoms with Crippen LogP contribution < -0.4 is 0 Å². The quantitative estimate of drug-likeness (QED) is 0.847. The summed E-state index contributed by atoms with van der Waals surface area (Å²) >= 11 is 0. The van der Waals surface area contributed by atoms with E-state index in [-0.39, 0.29) is 0 Å². The lowest BCUT2D eigenvalue weighted by atomic mass is 9.74. The molecule has 1 aromatic rings. The highest BCUT2D eigenvalue weighted by Crippen LogP contribution is 2.44. The molecule has 1 aromatic carbocycles. The Balaban J connectivity index is 2.62. The predicted molar refractivity (Wildman–Crippen MR) is 68.4 cm³/mol. The van der Waals surface area contributed by atoms with Gasteiger partial charge in [-0.25, -0.2) is 0 Å². The summed E-state index contributed by atoms with van der Waals surface area (Å²) in [5.74, 6) is -0.648. The van der Waals surface area contributed by atoms with Gasteiger partial charge in [0.15, 0.2) is 0 Å². The number of hydrogen-bond donors (Lipinski definition) is 1. The number of hydrogen-bond acceptors (Lipinski definition) is 1. The van der Waals surface area contributed by atoms with E-state index in [2.05, 4.69) is 19.1 Å². The molecule has 1 N–H and O–H groups in total. The van der Waals surface area contributed by atoms with Gasteiger partial charge in [-0.3, -0.25) is 4.79 Å². The first-order valence-corrected chi connectivity index (χ1v) is 6.29. The molecule has 0 saturated heterocycles. The van der Waals surface area contributed by atoms with Crippen LogP contribution in [0.15, 0.2) is 12.1 Å². The van der Waals surface area contributed by atoms with E-state index in [9.17, 15) is 9.90 Å². The molecule has 0 amide bonds. The molecule has 2 heteroatoms. The molecule has 92 valence electrons. The van der Waals surface area contributed by atoms with Gasteiger partial charge in [0.1, 0.15) is 0 Å². The average molecular weight is 232 g/mol. The Bertz CT molecular complexity index is 431. The number of benzene rings is 1. The topological polar surface area (TPSA) is 37.3 Å². The Kier molecular flexibility index (Phi) is 2.98. The van der Waals surface area contributed by atoms with Crippen LogP contribution in [0, 0.1) is 20.8 Å². The molecule has 0 unspecified atom stereocenters. The maximum Gasteiger partial charge on any atom is 0.314 e. The van der Waals surface area contributed by atoms with Crippen molar-refractivity contribution in [1.82, 2.24) is 0 Å². The lowest BCUT2D eigenvalue weighted by Gasteiger charge is -2.28. The van der Waals surface area contributed by atoms with Crippen molar-refractivity contribution < 1.29 is 9.90 Å². The maximum atomic E-state index is 11.7. The smallest absolute Gasteiger partial charge is 0.314 e. The van der Waals surface area contributed by atoms with Crippen LogP contribution in [0.3, 0.4) is 0 Å². The zero-order valence-electron chi connectivity index (χ0n) is 10.8. The number of rotatable bonds is 2. The van der Waals surface area contributed by atoms with Crippen molar-refractivity contribution in [3.8, 4) is 0 Å². The van der Waals surface area contributed by atoms with Gasteiger partial charge < -0.3 is 5.11 Å². The summed E-state index contributed by atoms with van der Waals surface area (Å²) in [4.78, 5) is 11.7. The van der Waals surface area contributed by atoms with E-state index in [1.54, 1.807) is 0 Å². The second kappa shape index (κ2) is 4.17. The molecule has 17 heavy (non-hydrogen) atoms. The minimum atomic E-state index is -0.648. The molecule has 1 aliphatic carbocycles. The summed E-state index contributed by atoms with van der Waals surface area (Å²) in [5, 5.41) is 9.64. The first-order valence-electron chi connectivity index (χ1n) is 6.29. The maximum absolute atomic E-state index is 11.7. The molecule has 1 aliphatic rings. The molecule has 0 aromatic heterocycles. The van der Waals surface area contributed by atoms with Crippen LogP contribution in [-0.2, 0) is 10.2 Å². The van der Waals surface area contributed by atoms with E-state index in [1.165, 1.54) is 5.56 Å². The molecular weight excluding hydrogens is 212 g/mol. The highest BCUT2D eigenvalue weighted by molar-refractivity contribution is 5.83. The minimum Gasteiger partial charge on any atom is -0.481 e. The largest absolute Gasteiger partial charge is 0.481 e. The highest BCUT2D eigenvalue weighted by atomic mass is 16.4. The van der Waals surface area contributed by atoms with Gasteiger partial charge in [-0.2, -0.15) is 0 Å². The number of carboxylic acids is 1. The Morgan fingerprint density at radius 1 is 1.12 bits per heavy atom. The molecule has 0 aliphatic heterocycles. The van der Waals surface area contributed by atoms with Gasteiger partial charge in [-0.1, -0.05) is 30.5 Å². The summed E-state index contributed by atoms with van der Waals surface area (Å²) in [6.45, 7) is 6.14. The standard InChI is InChI=1S/C15H20O2/c1-10-8-11(2)13(12(3)9-10)15(14(16)17)6-4-5-7-15/h8-9H,4-7H2,1-3H3,(H,16,17). The van der Waals surface area contributed by atoms with Crippen molar-refractivity contribution in [1.29, 1.82) is 0 Å². The lowest BCUT2D eigenvalue weighted by Crippen LogP contribution is -2.34. The Morgan fingerprint density at radius 3 is 2.00 bits per heavy atom. The summed E-state index contributed by atoms with van der Waals surface area (Å²) < 4.78 is 0. The third kappa shape index (κ3) is 1.86. The fraction of sp³-hybridized carbons (Fsp3) is 0.533. The van der Waals surface area contributed by atoms with Crippen molar-refractivity contribution >= 4 is 5.97 Å². The SMILES string of the molecule is Cc1cc(C)c(C2(C(=O)O)CCCC2)c(C)c1. The van der Waals surface area contributed by atoms with E-state index < -0.39 is 11.4 Å². The summed E-state index contributed by atoms with van der Waals surface area (Å²) in [6, 6.07) is 4.21. The van der Waals surface area contributed by atoms with Gasteiger partial charge in [-0.05, 0) is 50.3 Å². The van der Waals surface area contributed by atoms with Crippen molar-refractivity contribution in [3.05, 3.63) is 34.4 Å². The van der Waals surface area contributed by atoms with E-state index in [1.807, 2.05) is 13.8 Å². The molecule has 0 heterocycles. The van der Waals surface area contributed by atoms with Gasteiger partial charge in [0.05, 0.1) is 5.41 Å². The molecule has 2 nitrogen and oxygen atoms in total. The van der Waals surface area contributed by atoms with E-state index in [0.29, 0.717) is 0 Å². The number of aryl methyl sites for hydroxylation is 3. The third-order valence-electron chi connectivity index (χ3n) is 4.02. The van der Waals surface area contributed by atoms with Gasteiger partial charge >= 0.3 is 5.97 Å². The summed E-state index contributed by atoms with van der Waals surface area (Å²) in [7, 11) is 0. The first kappa shape index (κ1) is 12.2. The summed E-state index contributed by atoms with van der Waals surface area (Å²) in [6.07, 6.45) is 3.62. The zero-order chi connectivity index (χ0) is 12.6. The molecule has 1 fully saturated rings. The van der Waals surface area contributed by atoms with Gasteiger partial charge in [-0.15, -0.1) is 0 Å². The van der Waals surface area contributed by atoms with Crippen molar-refractivity contribution in [2.24, 2.45) is 0 Å². The Labute approximate surface area is 103 Å². The second-order valence-electron chi connectivity index (χ2n) is 5.37. The van der Waals surface area contributed by atoms with E-state index in [0.717, 1.165) is 42.4 Å². The molecule has 0 atom stereocenters. The van der Waals surface area contributed by atoms with Crippen LogP contribution in [0.1, 0.15) is 47.9 Å². The van der Waals surface area contributed by atoms with Gasteiger partial charge in [0.25, 0.3) is 0 Å².